The topological polar surface area (TPSA) is 241 Å². The summed E-state index contributed by atoms with van der Waals surface area (Å²) in [5.74, 6) is -10.4. The lowest BCUT2D eigenvalue weighted by molar-refractivity contribution is -0.193. The lowest BCUT2D eigenvalue weighted by Gasteiger charge is -2.38. The van der Waals surface area contributed by atoms with Gasteiger partial charge < -0.3 is 25.7 Å². The van der Waals surface area contributed by atoms with Gasteiger partial charge >= 0.3 is 48.6 Å². The number of halogens is 12. The number of likely N-dealkylation sites (N-methyl/N-ethyl adjacent to an activating group) is 1. The maximum Gasteiger partial charge on any atom is 0.490 e. The number of rotatable bonds is 6. The minimum Gasteiger partial charge on any atom is -0.475 e. The second-order valence-electron chi connectivity index (χ2n) is 11.5. The molecule has 5 N–H and O–H groups in total. The minimum atomic E-state index is -5.08. The predicted octanol–water partition coefficient (Wildman–Crippen LogP) is 4.47. The number of piperazine rings is 1. The van der Waals surface area contributed by atoms with Crippen LogP contribution in [0.4, 0.5) is 52.7 Å². The molecule has 0 spiro atoms. The number of carbonyl (C=O) groups is 5. The molecule has 1 aliphatic heterocycles. The summed E-state index contributed by atoms with van der Waals surface area (Å²) in [5, 5.41) is 40.3. The monoisotopic (exact) mass is 898 g/mol. The quantitative estimate of drug-likeness (QED) is 0.168. The molecule has 61 heavy (non-hydrogen) atoms. The number of aliphatic carboxylic acids is 4. The number of fused-ring (bicyclic) bond motifs is 1. The molecule has 5 heterocycles. The molecule has 5 rings (SSSR count). The summed E-state index contributed by atoms with van der Waals surface area (Å²) in [6.45, 7) is 3.85. The highest BCUT2D eigenvalue weighted by atomic mass is 19.4. The molecule has 1 aliphatic rings. The smallest absolute Gasteiger partial charge is 0.475 e. The molecule has 0 aromatic carbocycles. The lowest BCUT2D eigenvalue weighted by atomic mass is 10.1. The number of amides is 1. The Labute approximate surface area is 332 Å². The number of carboxylic acid groups (broad SMARTS) is 4. The highest BCUT2D eigenvalue weighted by Gasteiger charge is 2.40. The van der Waals surface area contributed by atoms with Crippen LogP contribution in [0.2, 0.25) is 0 Å². The zero-order valence-corrected chi connectivity index (χ0v) is 30.5. The normalized spacial score (nSPS) is 14.5. The van der Waals surface area contributed by atoms with Crippen molar-refractivity contribution in [3.8, 4) is 0 Å². The Morgan fingerprint density at radius 3 is 1.51 bits per heavy atom. The number of carbonyl (C=O) groups excluding carboxylic acids is 1. The molecular formula is C32H30F12N8O9. The van der Waals surface area contributed by atoms with E-state index in [-0.39, 0.29) is 11.9 Å². The number of pyridine rings is 3. The number of hydrogen-bond acceptors (Lipinski definition) is 11. The number of hydrogen-bond donors (Lipinski definition) is 5. The molecule has 0 bridgehead atoms. The van der Waals surface area contributed by atoms with Crippen LogP contribution in [0.15, 0.2) is 67.1 Å². The third kappa shape index (κ3) is 19.3. The first-order valence-corrected chi connectivity index (χ1v) is 16.0. The van der Waals surface area contributed by atoms with Crippen molar-refractivity contribution in [1.29, 1.82) is 0 Å². The van der Waals surface area contributed by atoms with Crippen molar-refractivity contribution in [3.63, 3.8) is 0 Å². The molecule has 1 saturated heterocycles. The standard InChI is InChI=1S/C24H26N8O.4C2HF3O2/c1-30-12-13-31(16-20-7-3-5-11-26-20)17-21(30)23-29-28-22-9-8-18(15-32(22)23)24(33)27-14-19-6-2-4-10-25-19;4*3-2(4,5)1(6)7/h2-11,15,21H,12-14,16-17H2,1H3,(H,27,33);4*(H,6,7). The third-order valence-corrected chi connectivity index (χ3v) is 6.96. The Morgan fingerprint density at radius 2 is 1.10 bits per heavy atom. The van der Waals surface area contributed by atoms with Gasteiger partial charge in [-0.1, -0.05) is 12.1 Å². The fourth-order valence-corrected chi connectivity index (χ4v) is 4.12. The fourth-order valence-electron chi connectivity index (χ4n) is 4.12. The van der Waals surface area contributed by atoms with Crippen molar-refractivity contribution in [2.24, 2.45) is 0 Å². The Balaban J connectivity index is 0.000000539. The van der Waals surface area contributed by atoms with Gasteiger partial charge in [0.1, 0.15) is 0 Å². The van der Waals surface area contributed by atoms with E-state index in [0.717, 1.165) is 49.0 Å². The number of nitrogens with one attached hydrogen (secondary N) is 1. The Morgan fingerprint density at radius 1 is 0.656 bits per heavy atom. The van der Waals surface area contributed by atoms with Crippen LogP contribution in [0, 0.1) is 0 Å². The van der Waals surface area contributed by atoms with Gasteiger partial charge in [-0.05, 0) is 43.4 Å². The van der Waals surface area contributed by atoms with Gasteiger partial charge in [0, 0.05) is 44.8 Å². The van der Waals surface area contributed by atoms with E-state index >= 15 is 0 Å². The fraction of sp³-hybridized carbons (Fsp3) is 0.344. The van der Waals surface area contributed by atoms with E-state index < -0.39 is 48.6 Å². The maximum absolute atomic E-state index is 12.8. The maximum atomic E-state index is 12.8. The van der Waals surface area contributed by atoms with Crippen LogP contribution in [-0.4, -0.2) is 136 Å². The average Bonchev–Trinajstić information content (AvgIpc) is 3.58. The molecule has 0 aliphatic carbocycles. The molecule has 4 aromatic heterocycles. The van der Waals surface area contributed by atoms with Gasteiger partial charge in [0.15, 0.2) is 11.5 Å². The Hall–Kier alpha value is -6.65. The second kappa shape index (κ2) is 22.6. The van der Waals surface area contributed by atoms with Gasteiger partial charge in [-0.3, -0.25) is 29.0 Å². The number of nitrogens with zero attached hydrogens (tertiary/aromatic N) is 7. The van der Waals surface area contributed by atoms with Gasteiger partial charge in [-0.25, -0.2) is 19.2 Å². The number of aromatic nitrogens is 5. The molecular weight excluding hydrogens is 868 g/mol. The molecule has 0 saturated carbocycles. The highest BCUT2D eigenvalue weighted by molar-refractivity contribution is 5.94. The van der Waals surface area contributed by atoms with E-state index in [9.17, 15) is 57.5 Å². The third-order valence-electron chi connectivity index (χ3n) is 6.96. The van der Waals surface area contributed by atoms with Crippen molar-refractivity contribution in [3.05, 3.63) is 89.9 Å². The summed E-state index contributed by atoms with van der Waals surface area (Å²) in [5.41, 5.74) is 3.15. The molecule has 1 amide bonds. The summed E-state index contributed by atoms with van der Waals surface area (Å²) < 4.78 is 129. The van der Waals surface area contributed by atoms with E-state index in [1.807, 2.05) is 53.2 Å². The van der Waals surface area contributed by atoms with Crippen molar-refractivity contribution in [2.45, 2.75) is 43.8 Å². The van der Waals surface area contributed by atoms with Crippen molar-refractivity contribution in [2.75, 3.05) is 26.7 Å². The first-order valence-electron chi connectivity index (χ1n) is 16.0. The molecule has 4 aromatic rings. The highest BCUT2D eigenvalue weighted by Crippen LogP contribution is 2.25. The average molecular weight is 899 g/mol. The molecule has 17 nitrogen and oxygen atoms in total. The summed E-state index contributed by atoms with van der Waals surface area (Å²) >= 11 is 0. The van der Waals surface area contributed by atoms with Crippen LogP contribution in [-0.2, 0) is 32.3 Å². The molecule has 1 atom stereocenters. The van der Waals surface area contributed by atoms with E-state index in [1.165, 1.54) is 0 Å². The predicted molar refractivity (Wildman–Crippen MR) is 178 cm³/mol. The van der Waals surface area contributed by atoms with Gasteiger partial charge in [0.25, 0.3) is 5.91 Å². The van der Waals surface area contributed by atoms with Gasteiger partial charge in [0.2, 0.25) is 0 Å². The molecule has 1 unspecified atom stereocenters. The number of carboxylic acids is 4. The zero-order valence-electron chi connectivity index (χ0n) is 30.5. The van der Waals surface area contributed by atoms with Crippen molar-refractivity contribution < 1.29 is 97.1 Å². The van der Waals surface area contributed by atoms with Gasteiger partial charge in [-0.2, -0.15) is 52.7 Å². The van der Waals surface area contributed by atoms with Crippen LogP contribution in [0.25, 0.3) is 5.65 Å². The first kappa shape index (κ1) is 52.4. The van der Waals surface area contributed by atoms with Crippen LogP contribution < -0.4 is 5.32 Å². The van der Waals surface area contributed by atoms with Crippen LogP contribution in [0.1, 0.15) is 33.6 Å². The Bertz CT molecular complexity index is 1950. The van der Waals surface area contributed by atoms with Gasteiger partial charge in [-0.15, -0.1) is 10.2 Å². The molecule has 1 fully saturated rings. The SMILES string of the molecule is CN1CCN(Cc2ccccn2)CC1c1nnc2ccc(C(=O)NCc3ccccn3)cn12.O=C(O)C(F)(F)F.O=C(O)C(F)(F)F.O=C(O)C(F)(F)F.O=C(O)C(F)(F)F. The summed E-state index contributed by atoms with van der Waals surface area (Å²) in [6, 6.07) is 15.3. The van der Waals surface area contributed by atoms with Crippen LogP contribution in [0.5, 0.6) is 0 Å². The van der Waals surface area contributed by atoms with Crippen molar-refractivity contribution >= 4 is 35.4 Å². The minimum absolute atomic E-state index is 0.0595. The lowest BCUT2D eigenvalue weighted by Crippen LogP contribution is -2.46. The molecule has 0 radical (unpaired) electrons. The van der Waals surface area contributed by atoms with E-state index in [0.29, 0.717) is 12.1 Å². The van der Waals surface area contributed by atoms with E-state index in [1.54, 1.807) is 12.3 Å². The summed E-state index contributed by atoms with van der Waals surface area (Å²) in [4.78, 5) is 61.7. The van der Waals surface area contributed by atoms with Crippen LogP contribution in [0.3, 0.4) is 0 Å². The van der Waals surface area contributed by atoms with Gasteiger partial charge in [0.05, 0.1) is 29.5 Å². The van der Waals surface area contributed by atoms with Crippen molar-refractivity contribution in [1.82, 2.24) is 39.7 Å². The molecule has 336 valence electrons. The second-order valence-corrected chi connectivity index (χ2v) is 11.5. The first-order chi connectivity index (χ1) is 27.9. The van der Waals surface area contributed by atoms with E-state index in [4.69, 9.17) is 39.6 Å². The largest absolute Gasteiger partial charge is 0.490 e. The summed E-state index contributed by atoms with van der Waals surface area (Å²) in [6.07, 6.45) is -15.0. The molecule has 29 heteroatoms. The van der Waals surface area contributed by atoms with E-state index in [2.05, 4.69) is 48.4 Å². The zero-order chi connectivity index (χ0) is 46.9. The summed E-state index contributed by atoms with van der Waals surface area (Å²) in [7, 11) is 2.10. The Kier molecular flexibility index (Phi) is 19.4. The van der Waals surface area contributed by atoms with Crippen LogP contribution >= 0.6 is 0 Å². The number of alkyl halides is 12.